The van der Waals surface area contributed by atoms with Crippen molar-refractivity contribution in [1.82, 2.24) is 4.98 Å². The summed E-state index contributed by atoms with van der Waals surface area (Å²) in [5.74, 6) is 1.07. The van der Waals surface area contributed by atoms with E-state index in [9.17, 15) is 0 Å². The largest absolute Gasteiger partial charge is 0.354 e. The molecule has 17 heavy (non-hydrogen) atoms. The first kappa shape index (κ1) is 14.0. The minimum Gasteiger partial charge on any atom is -0.354 e. The highest BCUT2D eigenvalue weighted by atomic mass is 15.2. The van der Waals surface area contributed by atoms with Gasteiger partial charge >= 0.3 is 0 Å². The smallest absolute Gasteiger partial charge is 0.129 e. The average Bonchev–Trinajstić information content (AvgIpc) is 2.39. The molecule has 3 heteroatoms. The molecule has 0 aromatic carbocycles. The van der Waals surface area contributed by atoms with Gasteiger partial charge in [-0.15, -0.1) is 0 Å². The van der Waals surface area contributed by atoms with Gasteiger partial charge in [-0.3, -0.25) is 0 Å². The Morgan fingerprint density at radius 3 is 2.76 bits per heavy atom. The highest BCUT2D eigenvalue weighted by Gasteiger charge is 2.13. The van der Waals surface area contributed by atoms with E-state index in [-0.39, 0.29) is 0 Å². The molecule has 0 spiro atoms. The topological polar surface area (TPSA) is 42.1 Å². The Morgan fingerprint density at radius 1 is 1.41 bits per heavy atom. The Morgan fingerprint density at radius 2 is 2.18 bits per heavy atom. The van der Waals surface area contributed by atoms with Crippen LogP contribution < -0.4 is 10.6 Å². The highest BCUT2D eigenvalue weighted by molar-refractivity contribution is 5.42. The molecule has 0 saturated carbocycles. The summed E-state index contributed by atoms with van der Waals surface area (Å²) < 4.78 is 0. The van der Waals surface area contributed by atoms with Gasteiger partial charge in [0.15, 0.2) is 0 Å². The first-order valence-electron chi connectivity index (χ1n) is 6.64. The Balaban J connectivity index is 2.86. The number of hydrogen-bond donors (Lipinski definition) is 1. The molecule has 96 valence electrons. The molecule has 1 heterocycles. The molecule has 1 atom stereocenters. The van der Waals surface area contributed by atoms with Gasteiger partial charge in [-0.1, -0.05) is 20.3 Å². The van der Waals surface area contributed by atoms with E-state index in [1.165, 1.54) is 12.8 Å². The monoisotopic (exact) mass is 235 g/mol. The maximum absolute atomic E-state index is 5.68. The van der Waals surface area contributed by atoms with Crippen molar-refractivity contribution in [3.63, 3.8) is 0 Å². The Bertz CT molecular complexity index is 325. The lowest BCUT2D eigenvalue weighted by Crippen LogP contribution is -2.34. The summed E-state index contributed by atoms with van der Waals surface area (Å²) in [5.41, 5.74) is 6.83. The van der Waals surface area contributed by atoms with Crippen molar-refractivity contribution in [1.29, 1.82) is 0 Å². The molecule has 0 aliphatic rings. The third kappa shape index (κ3) is 4.00. The Labute approximate surface area is 105 Å². The lowest BCUT2D eigenvalue weighted by Gasteiger charge is -2.30. The average molecular weight is 235 g/mol. The van der Waals surface area contributed by atoms with Crippen LogP contribution in [0.1, 0.15) is 45.6 Å². The zero-order valence-electron chi connectivity index (χ0n) is 11.3. The molecular formula is C14H25N3. The van der Waals surface area contributed by atoms with Crippen molar-refractivity contribution in [2.24, 2.45) is 5.73 Å². The molecule has 0 aliphatic carbocycles. The van der Waals surface area contributed by atoms with E-state index < -0.39 is 0 Å². The van der Waals surface area contributed by atoms with E-state index in [0.29, 0.717) is 12.6 Å². The zero-order chi connectivity index (χ0) is 12.7. The van der Waals surface area contributed by atoms with Gasteiger partial charge in [0.25, 0.3) is 0 Å². The van der Waals surface area contributed by atoms with Crippen molar-refractivity contribution >= 4 is 5.82 Å². The number of hydrogen-bond acceptors (Lipinski definition) is 3. The SMILES string of the molecule is CCCCN(c1cc(CN)ccn1)C(C)CC. The van der Waals surface area contributed by atoms with Crippen molar-refractivity contribution < 1.29 is 0 Å². The van der Waals surface area contributed by atoms with Crippen LogP contribution in [0.5, 0.6) is 0 Å². The quantitative estimate of drug-likeness (QED) is 0.790. The third-order valence-electron chi connectivity index (χ3n) is 3.22. The van der Waals surface area contributed by atoms with Crippen LogP contribution in [-0.4, -0.2) is 17.6 Å². The number of anilines is 1. The summed E-state index contributed by atoms with van der Waals surface area (Å²) in [6.07, 6.45) is 5.42. The van der Waals surface area contributed by atoms with Gasteiger partial charge in [-0.2, -0.15) is 0 Å². The molecule has 1 aromatic rings. The van der Waals surface area contributed by atoms with Crippen LogP contribution >= 0.6 is 0 Å². The summed E-state index contributed by atoms with van der Waals surface area (Å²) >= 11 is 0. The van der Waals surface area contributed by atoms with Gasteiger partial charge in [0.2, 0.25) is 0 Å². The predicted molar refractivity (Wildman–Crippen MR) is 74.1 cm³/mol. The van der Waals surface area contributed by atoms with Crippen LogP contribution in [-0.2, 0) is 6.54 Å². The standard InChI is InChI=1S/C14H25N3/c1-4-6-9-17(12(3)5-2)14-10-13(11-15)7-8-16-14/h7-8,10,12H,4-6,9,11,15H2,1-3H3. The predicted octanol–water partition coefficient (Wildman–Crippen LogP) is 2.95. The maximum Gasteiger partial charge on any atom is 0.129 e. The van der Waals surface area contributed by atoms with Gasteiger partial charge in [0.05, 0.1) is 0 Å². The minimum absolute atomic E-state index is 0.530. The molecule has 0 radical (unpaired) electrons. The fraction of sp³-hybridized carbons (Fsp3) is 0.643. The number of nitrogens with zero attached hydrogens (tertiary/aromatic N) is 2. The van der Waals surface area contributed by atoms with Gasteiger partial charge in [0.1, 0.15) is 5.82 Å². The van der Waals surface area contributed by atoms with E-state index >= 15 is 0 Å². The molecule has 0 amide bonds. The van der Waals surface area contributed by atoms with Crippen molar-refractivity contribution in [2.75, 3.05) is 11.4 Å². The molecule has 1 aromatic heterocycles. The second-order valence-electron chi connectivity index (χ2n) is 4.53. The van der Waals surface area contributed by atoms with Crippen LogP contribution in [0.15, 0.2) is 18.3 Å². The Hall–Kier alpha value is -1.09. The van der Waals surface area contributed by atoms with Crippen LogP contribution in [0.25, 0.3) is 0 Å². The van der Waals surface area contributed by atoms with Gasteiger partial charge in [-0.05, 0) is 37.5 Å². The van der Waals surface area contributed by atoms with Crippen LogP contribution in [0.4, 0.5) is 5.82 Å². The molecular weight excluding hydrogens is 210 g/mol. The normalized spacial score (nSPS) is 12.5. The molecule has 1 rings (SSSR count). The molecule has 0 fully saturated rings. The van der Waals surface area contributed by atoms with Crippen molar-refractivity contribution in [3.05, 3.63) is 23.9 Å². The maximum atomic E-state index is 5.68. The van der Waals surface area contributed by atoms with Crippen molar-refractivity contribution in [3.8, 4) is 0 Å². The lowest BCUT2D eigenvalue weighted by molar-refractivity contribution is 0.589. The molecule has 2 N–H and O–H groups in total. The lowest BCUT2D eigenvalue weighted by atomic mass is 10.1. The Kier molecular flexibility index (Phi) is 5.98. The van der Waals surface area contributed by atoms with Crippen LogP contribution in [0.3, 0.4) is 0 Å². The third-order valence-corrected chi connectivity index (χ3v) is 3.22. The molecule has 1 unspecified atom stereocenters. The van der Waals surface area contributed by atoms with Crippen LogP contribution in [0, 0.1) is 0 Å². The number of unbranched alkanes of at least 4 members (excludes halogenated alkanes) is 1. The van der Waals surface area contributed by atoms with E-state index in [4.69, 9.17) is 5.73 Å². The second-order valence-corrected chi connectivity index (χ2v) is 4.53. The van der Waals surface area contributed by atoms with E-state index in [2.05, 4.69) is 36.7 Å². The summed E-state index contributed by atoms with van der Waals surface area (Å²) in [7, 11) is 0. The van der Waals surface area contributed by atoms with E-state index in [1.54, 1.807) is 0 Å². The highest BCUT2D eigenvalue weighted by Crippen LogP contribution is 2.18. The second kappa shape index (κ2) is 7.28. The molecule has 0 aliphatic heterocycles. The van der Waals surface area contributed by atoms with E-state index in [0.717, 1.165) is 24.3 Å². The van der Waals surface area contributed by atoms with Crippen LogP contribution in [0.2, 0.25) is 0 Å². The minimum atomic E-state index is 0.530. The summed E-state index contributed by atoms with van der Waals surface area (Å²) in [6.45, 7) is 8.35. The number of rotatable bonds is 7. The molecule has 0 saturated heterocycles. The number of pyridine rings is 1. The van der Waals surface area contributed by atoms with Gasteiger partial charge in [-0.25, -0.2) is 4.98 Å². The number of aromatic nitrogens is 1. The van der Waals surface area contributed by atoms with Gasteiger partial charge < -0.3 is 10.6 Å². The summed E-state index contributed by atoms with van der Waals surface area (Å²) in [6, 6.07) is 4.63. The first-order chi connectivity index (χ1) is 8.22. The molecule has 3 nitrogen and oxygen atoms in total. The summed E-state index contributed by atoms with van der Waals surface area (Å²) in [4.78, 5) is 6.87. The summed E-state index contributed by atoms with van der Waals surface area (Å²) in [5, 5.41) is 0. The fourth-order valence-electron chi connectivity index (χ4n) is 1.85. The zero-order valence-corrected chi connectivity index (χ0v) is 11.3. The van der Waals surface area contributed by atoms with E-state index in [1.807, 2.05) is 12.3 Å². The first-order valence-corrected chi connectivity index (χ1v) is 6.64. The number of nitrogens with two attached hydrogens (primary N) is 1. The van der Waals surface area contributed by atoms with Gasteiger partial charge in [0, 0.05) is 25.3 Å². The van der Waals surface area contributed by atoms with Crippen molar-refractivity contribution in [2.45, 2.75) is 52.6 Å². The molecule has 0 bridgehead atoms. The fourth-order valence-corrected chi connectivity index (χ4v) is 1.85.